The highest BCUT2D eigenvalue weighted by atomic mass is 31.2. The molecule has 0 bridgehead atoms. The summed E-state index contributed by atoms with van der Waals surface area (Å²) in [6, 6.07) is 0. The van der Waals surface area contributed by atoms with Gasteiger partial charge in [-0.2, -0.15) is 0 Å². The van der Waals surface area contributed by atoms with Crippen molar-refractivity contribution in [2.24, 2.45) is 5.92 Å². The summed E-state index contributed by atoms with van der Waals surface area (Å²) < 4.78 is 68.2. The van der Waals surface area contributed by atoms with Crippen LogP contribution in [0.15, 0.2) is 24.3 Å². The van der Waals surface area contributed by atoms with E-state index >= 15 is 0 Å². The minimum atomic E-state index is -4.96. The number of carbonyl (C=O) groups excluding carboxylic acids is 4. The van der Waals surface area contributed by atoms with Gasteiger partial charge in [0.25, 0.3) is 0 Å². The van der Waals surface area contributed by atoms with Gasteiger partial charge in [-0.1, -0.05) is 316 Å². The van der Waals surface area contributed by atoms with Gasteiger partial charge in [-0.15, -0.1) is 0 Å². The largest absolute Gasteiger partial charge is 0.472 e. The summed E-state index contributed by atoms with van der Waals surface area (Å²) >= 11 is 0. The number of allylic oxidation sites excluding steroid dienone is 4. The Balaban J connectivity index is 5.14. The first-order valence-corrected chi connectivity index (χ1v) is 41.4. The fourth-order valence-electron chi connectivity index (χ4n) is 11.0. The second-order valence-corrected chi connectivity index (χ2v) is 29.7. The van der Waals surface area contributed by atoms with Gasteiger partial charge in [-0.3, -0.25) is 37.3 Å². The van der Waals surface area contributed by atoms with Crippen LogP contribution in [-0.2, 0) is 65.4 Å². The maximum atomic E-state index is 13.1. The summed E-state index contributed by atoms with van der Waals surface area (Å²) in [6.45, 7) is 7.09. The quantitative estimate of drug-likeness (QED) is 0.0169. The number of esters is 4. The second kappa shape index (κ2) is 67.7. The molecular weight excluding hydrogens is 1230 g/mol. The Bertz CT molecular complexity index is 1900. The Morgan fingerprint density at radius 2 is 0.574 bits per heavy atom. The van der Waals surface area contributed by atoms with Crippen LogP contribution in [0.25, 0.3) is 0 Å². The minimum absolute atomic E-state index is 0.102. The summed E-state index contributed by atoms with van der Waals surface area (Å²) in [4.78, 5) is 72.4. The molecule has 2 unspecified atom stereocenters. The number of aliphatic hydroxyl groups is 1. The zero-order valence-electron chi connectivity index (χ0n) is 60.6. The molecule has 0 rings (SSSR count). The molecule has 0 aromatic heterocycles. The lowest BCUT2D eigenvalue weighted by atomic mass is 10.0. The SMILES string of the molecule is CCCCCC/C=C\C=C/CCCCCCCC(=O)OC[C@H](COP(=O)(O)OC[C@@H](O)COP(=O)(O)OC[C@@H](COC(=O)CCCCCCC)OC(=O)CCCCCCCCCCCC(C)C)OC(=O)CCCCCCCCCCCCCCCCCCCCCCCC. The normalized spacial score (nSPS) is 14.1. The second-order valence-electron chi connectivity index (χ2n) is 26.8. The maximum Gasteiger partial charge on any atom is 0.472 e. The number of rotatable bonds is 73. The molecular formula is C75H142O17P2. The van der Waals surface area contributed by atoms with Crippen LogP contribution in [-0.4, -0.2) is 96.7 Å². The molecule has 0 radical (unpaired) electrons. The van der Waals surface area contributed by atoms with Crippen LogP contribution >= 0.6 is 15.6 Å². The first kappa shape index (κ1) is 91.5. The van der Waals surface area contributed by atoms with E-state index < -0.39 is 97.5 Å². The molecule has 0 fully saturated rings. The van der Waals surface area contributed by atoms with E-state index in [-0.39, 0.29) is 25.7 Å². The van der Waals surface area contributed by atoms with E-state index in [1.54, 1.807) is 0 Å². The third kappa shape index (κ3) is 68.1. The van der Waals surface area contributed by atoms with Crippen LogP contribution in [0.1, 0.15) is 369 Å². The number of hydrogen-bond acceptors (Lipinski definition) is 15. The van der Waals surface area contributed by atoms with Crippen LogP contribution < -0.4 is 0 Å². The number of ether oxygens (including phenoxy) is 4. The molecule has 0 aromatic rings. The topological polar surface area (TPSA) is 237 Å². The number of hydrogen-bond donors (Lipinski definition) is 3. The van der Waals surface area contributed by atoms with Crippen molar-refractivity contribution < 1.29 is 80.2 Å². The zero-order valence-corrected chi connectivity index (χ0v) is 62.4. The van der Waals surface area contributed by atoms with Gasteiger partial charge in [0, 0.05) is 25.7 Å². The van der Waals surface area contributed by atoms with E-state index in [0.29, 0.717) is 25.7 Å². The molecule has 3 N–H and O–H groups in total. The molecule has 0 aliphatic carbocycles. The Kier molecular flexibility index (Phi) is 65.9. The predicted molar refractivity (Wildman–Crippen MR) is 381 cm³/mol. The lowest BCUT2D eigenvalue weighted by Gasteiger charge is -2.21. The molecule has 0 aromatic carbocycles. The van der Waals surface area contributed by atoms with Gasteiger partial charge in [-0.25, -0.2) is 9.13 Å². The molecule has 0 amide bonds. The monoisotopic (exact) mass is 1380 g/mol. The van der Waals surface area contributed by atoms with Gasteiger partial charge in [-0.05, 0) is 57.3 Å². The molecule has 0 saturated heterocycles. The number of carbonyl (C=O) groups is 4. The first-order valence-electron chi connectivity index (χ1n) is 38.5. The van der Waals surface area contributed by atoms with Crippen LogP contribution in [0, 0.1) is 5.92 Å². The summed E-state index contributed by atoms with van der Waals surface area (Å²) in [5.41, 5.74) is 0. The molecule has 5 atom stereocenters. The third-order valence-corrected chi connectivity index (χ3v) is 18.8. The maximum absolute atomic E-state index is 13.1. The van der Waals surface area contributed by atoms with E-state index in [1.165, 1.54) is 167 Å². The van der Waals surface area contributed by atoms with Crippen molar-refractivity contribution in [1.29, 1.82) is 0 Å². The number of aliphatic hydroxyl groups excluding tert-OH is 1. The van der Waals surface area contributed by atoms with Crippen LogP contribution in [0.5, 0.6) is 0 Å². The molecule has 0 aliphatic rings. The molecule has 17 nitrogen and oxygen atoms in total. The van der Waals surface area contributed by atoms with E-state index in [2.05, 4.69) is 58.9 Å². The van der Waals surface area contributed by atoms with Crippen molar-refractivity contribution >= 4 is 39.5 Å². The Hall–Kier alpha value is -2.46. The summed E-state index contributed by atoms with van der Waals surface area (Å²) in [5.74, 6) is -1.43. The zero-order chi connectivity index (χ0) is 69.1. The summed E-state index contributed by atoms with van der Waals surface area (Å²) in [7, 11) is -9.91. The first-order chi connectivity index (χ1) is 45.5. The van der Waals surface area contributed by atoms with Gasteiger partial charge in [0.15, 0.2) is 12.2 Å². The van der Waals surface area contributed by atoms with Crippen LogP contribution in [0.3, 0.4) is 0 Å². The highest BCUT2D eigenvalue weighted by molar-refractivity contribution is 7.47. The standard InChI is InChI=1S/C75H142O17P2/c1-6-9-12-15-17-19-21-23-25-26-27-28-29-30-31-33-35-37-41-45-50-55-60-74(79)92-71(65-86-73(78)59-54-49-44-40-36-34-32-24-22-20-18-16-13-10-7-2)67-90-94(83,84)88-63-69(76)62-87-93(81,82)89-66-70(64-85-72(77)58-53-47-14-11-8-3)91-75(80)61-56-51-46-42-38-39-43-48-52-57-68(4)5/h20,22,24,32,68-71,76H,6-19,21,23,25-31,33-67H2,1-5H3,(H,81,82)(H,83,84)/b22-20-,32-24-/t69-,70+,71+/m0/s1. The summed E-state index contributed by atoms with van der Waals surface area (Å²) in [5, 5.41) is 10.6. The van der Waals surface area contributed by atoms with E-state index in [1.807, 2.05) is 0 Å². The Morgan fingerprint density at radius 3 is 0.872 bits per heavy atom. The van der Waals surface area contributed by atoms with E-state index in [9.17, 15) is 43.2 Å². The van der Waals surface area contributed by atoms with Crippen molar-refractivity contribution in [3.63, 3.8) is 0 Å². The van der Waals surface area contributed by atoms with Gasteiger partial charge >= 0.3 is 39.5 Å². The molecule has 554 valence electrons. The fraction of sp³-hybridized carbons (Fsp3) is 0.893. The van der Waals surface area contributed by atoms with Gasteiger partial charge in [0.2, 0.25) is 0 Å². The number of phosphoric acid groups is 2. The Labute approximate surface area is 573 Å². The Morgan fingerprint density at radius 1 is 0.330 bits per heavy atom. The van der Waals surface area contributed by atoms with Gasteiger partial charge in [0.1, 0.15) is 19.3 Å². The van der Waals surface area contributed by atoms with Gasteiger partial charge < -0.3 is 33.8 Å². The van der Waals surface area contributed by atoms with E-state index in [0.717, 1.165) is 121 Å². The third-order valence-electron chi connectivity index (χ3n) is 16.9. The van der Waals surface area contributed by atoms with Crippen molar-refractivity contribution in [3.8, 4) is 0 Å². The fourth-order valence-corrected chi connectivity index (χ4v) is 12.6. The molecule has 94 heavy (non-hydrogen) atoms. The van der Waals surface area contributed by atoms with Crippen molar-refractivity contribution in [3.05, 3.63) is 24.3 Å². The number of unbranched alkanes of at least 4 members (excludes halogenated alkanes) is 42. The summed E-state index contributed by atoms with van der Waals surface area (Å²) in [6.07, 6.45) is 59.7. The van der Waals surface area contributed by atoms with Crippen molar-refractivity contribution in [1.82, 2.24) is 0 Å². The van der Waals surface area contributed by atoms with E-state index in [4.69, 9.17) is 37.0 Å². The average molecular weight is 1380 g/mol. The average Bonchev–Trinajstić information content (AvgIpc) is 1.44. The van der Waals surface area contributed by atoms with Gasteiger partial charge in [0.05, 0.1) is 26.4 Å². The van der Waals surface area contributed by atoms with Crippen molar-refractivity contribution in [2.45, 2.75) is 387 Å². The lowest BCUT2D eigenvalue weighted by molar-refractivity contribution is -0.161. The molecule has 0 spiro atoms. The number of phosphoric ester groups is 2. The highest BCUT2D eigenvalue weighted by Crippen LogP contribution is 2.45. The molecule has 0 heterocycles. The predicted octanol–water partition coefficient (Wildman–Crippen LogP) is 21.6. The van der Waals surface area contributed by atoms with Crippen LogP contribution in [0.2, 0.25) is 0 Å². The highest BCUT2D eigenvalue weighted by Gasteiger charge is 2.30. The molecule has 0 aliphatic heterocycles. The van der Waals surface area contributed by atoms with Crippen molar-refractivity contribution in [2.75, 3.05) is 39.6 Å². The van der Waals surface area contributed by atoms with Crippen LogP contribution in [0.4, 0.5) is 0 Å². The smallest absolute Gasteiger partial charge is 0.462 e. The minimum Gasteiger partial charge on any atom is -0.462 e. The molecule has 19 heteroatoms. The lowest BCUT2D eigenvalue weighted by Crippen LogP contribution is -2.30. The molecule has 0 saturated carbocycles.